The SMILES string of the molecule is CS(=O)(=O)OCCOc1cccc([N+](=O)[O-])c1. The van der Waals surface area contributed by atoms with Crippen LogP contribution in [-0.4, -0.2) is 32.8 Å². The first-order valence-corrected chi connectivity index (χ1v) is 6.42. The van der Waals surface area contributed by atoms with E-state index in [1.54, 1.807) is 0 Å². The van der Waals surface area contributed by atoms with Crippen molar-refractivity contribution in [3.8, 4) is 5.75 Å². The van der Waals surface area contributed by atoms with Gasteiger partial charge in [-0.25, -0.2) is 0 Å². The molecule has 17 heavy (non-hydrogen) atoms. The van der Waals surface area contributed by atoms with Gasteiger partial charge < -0.3 is 4.74 Å². The van der Waals surface area contributed by atoms with E-state index in [1.807, 2.05) is 0 Å². The average molecular weight is 261 g/mol. The molecule has 0 saturated carbocycles. The molecule has 94 valence electrons. The summed E-state index contributed by atoms with van der Waals surface area (Å²) in [5.74, 6) is 0.288. The first-order valence-electron chi connectivity index (χ1n) is 4.60. The predicted octanol–water partition coefficient (Wildman–Crippen LogP) is 0.950. The highest BCUT2D eigenvalue weighted by Gasteiger charge is 2.06. The van der Waals surface area contributed by atoms with Gasteiger partial charge in [-0.3, -0.25) is 14.3 Å². The van der Waals surface area contributed by atoms with Crippen LogP contribution in [0.25, 0.3) is 0 Å². The van der Waals surface area contributed by atoms with Gasteiger partial charge in [-0.05, 0) is 6.07 Å². The number of hydrogen-bond donors (Lipinski definition) is 0. The third-order valence-corrected chi connectivity index (χ3v) is 2.27. The maximum Gasteiger partial charge on any atom is 0.273 e. The first-order chi connectivity index (χ1) is 7.88. The number of nitrogens with zero attached hydrogens (tertiary/aromatic N) is 1. The van der Waals surface area contributed by atoms with E-state index in [0.29, 0.717) is 0 Å². The summed E-state index contributed by atoms with van der Waals surface area (Å²) in [6.45, 7) is -0.143. The molecule has 0 aliphatic carbocycles. The van der Waals surface area contributed by atoms with E-state index in [9.17, 15) is 18.5 Å². The van der Waals surface area contributed by atoms with E-state index >= 15 is 0 Å². The van der Waals surface area contributed by atoms with Crippen molar-refractivity contribution in [2.24, 2.45) is 0 Å². The van der Waals surface area contributed by atoms with Crippen LogP contribution < -0.4 is 4.74 Å². The topological polar surface area (TPSA) is 95.7 Å². The highest BCUT2D eigenvalue weighted by Crippen LogP contribution is 2.18. The van der Waals surface area contributed by atoms with Crippen LogP contribution in [0.2, 0.25) is 0 Å². The van der Waals surface area contributed by atoms with Gasteiger partial charge in [0.25, 0.3) is 15.8 Å². The van der Waals surface area contributed by atoms with E-state index in [-0.39, 0.29) is 24.7 Å². The number of rotatable bonds is 6. The molecular formula is C9H11NO6S. The maximum absolute atomic E-state index is 10.6. The Hall–Kier alpha value is -1.67. The van der Waals surface area contributed by atoms with Gasteiger partial charge in [0.05, 0.1) is 17.2 Å². The monoisotopic (exact) mass is 261 g/mol. The number of ether oxygens (including phenoxy) is 1. The summed E-state index contributed by atoms with van der Waals surface area (Å²) >= 11 is 0. The summed E-state index contributed by atoms with van der Waals surface area (Å²) < 4.78 is 30.8. The van der Waals surface area contributed by atoms with Gasteiger partial charge in [-0.1, -0.05) is 6.07 Å². The number of non-ortho nitro benzene ring substituents is 1. The molecule has 0 amide bonds. The summed E-state index contributed by atoms with van der Waals surface area (Å²) in [6, 6.07) is 5.60. The summed E-state index contributed by atoms with van der Waals surface area (Å²) in [5, 5.41) is 10.5. The molecule has 0 N–H and O–H groups in total. The van der Waals surface area contributed by atoms with E-state index in [0.717, 1.165) is 6.26 Å². The molecule has 0 spiro atoms. The van der Waals surface area contributed by atoms with Crippen molar-refractivity contribution < 1.29 is 22.3 Å². The highest BCUT2D eigenvalue weighted by atomic mass is 32.2. The van der Waals surface area contributed by atoms with Crippen molar-refractivity contribution in [2.75, 3.05) is 19.5 Å². The largest absolute Gasteiger partial charge is 0.491 e. The molecule has 1 aromatic rings. The van der Waals surface area contributed by atoms with Gasteiger partial charge in [0.1, 0.15) is 19.0 Å². The smallest absolute Gasteiger partial charge is 0.273 e. The van der Waals surface area contributed by atoms with Gasteiger partial charge in [0, 0.05) is 6.07 Å². The second-order valence-corrected chi connectivity index (χ2v) is 4.77. The molecule has 0 bridgehead atoms. The van der Waals surface area contributed by atoms with Crippen LogP contribution in [0.3, 0.4) is 0 Å². The summed E-state index contributed by atoms with van der Waals surface area (Å²) in [6.07, 6.45) is 0.931. The van der Waals surface area contributed by atoms with Crippen LogP contribution in [0.1, 0.15) is 0 Å². The molecule has 0 atom stereocenters. The van der Waals surface area contributed by atoms with Crippen molar-refractivity contribution >= 4 is 15.8 Å². The molecule has 0 heterocycles. The number of hydrogen-bond acceptors (Lipinski definition) is 6. The van der Waals surface area contributed by atoms with E-state index in [1.165, 1.54) is 24.3 Å². The fourth-order valence-electron chi connectivity index (χ4n) is 1.03. The lowest BCUT2D eigenvalue weighted by molar-refractivity contribution is -0.384. The van der Waals surface area contributed by atoms with Crippen LogP contribution in [0, 0.1) is 10.1 Å². The Labute approximate surface area is 98.2 Å². The minimum absolute atomic E-state index is 0.00572. The minimum atomic E-state index is -3.49. The van der Waals surface area contributed by atoms with Crippen molar-refractivity contribution in [2.45, 2.75) is 0 Å². The molecule has 1 aromatic carbocycles. The molecule has 0 saturated heterocycles. The van der Waals surface area contributed by atoms with Crippen LogP contribution >= 0.6 is 0 Å². The van der Waals surface area contributed by atoms with E-state index < -0.39 is 15.0 Å². The molecule has 0 aliphatic heterocycles. The fraction of sp³-hybridized carbons (Fsp3) is 0.333. The quantitative estimate of drug-likeness (QED) is 0.327. The van der Waals surface area contributed by atoms with Crippen LogP contribution in [0.4, 0.5) is 5.69 Å². The third kappa shape index (κ3) is 5.27. The maximum atomic E-state index is 10.6. The van der Waals surface area contributed by atoms with Crippen molar-refractivity contribution in [1.82, 2.24) is 0 Å². The van der Waals surface area contributed by atoms with Crippen LogP contribution in [-0.2, 0) is 14.3 Å². The lowest BCUT2D eigenvalue weighted by atomic mass is 10.3. The average Bonchev–Trinajstić information content (AvgIpc) is 2.23. The Morgan fingerprint density at radius 2 is 2.06 bits per heavy atom. The lowest BCUT2D eigenvalue weighted by Gasteiger charge is -2.05. The lowest BCUT2D eigenvalue weighted by Crippen LogP contribution is -2.11. The number of benzene rings is 1. The van der Waals surface area contributed by atoms with Gasteiger partial charge in [0.2, 0.25) is 0 Å². The Bertz CT molecular complexity index is 498. The Balaban J connectivity index is 2.47. The Morgan fingerprint density at radius 3 is 2.65 bits per heavy atom. The zero-order valence-electron chi connectivity index (χ0n) is 9.03. The zero-order chi connectivity index (χ0) is 12.9. The predicted molar refractivity (Wildman–Crippen MR) is 59.4 cm³/mol. The molecular weight excluding hydrogens is 250 g/mol. The molecule has 0 radical (unpaired) electrons. The van der Waals surface area contributed by atoms with Gasteiger partial charge in [-0.15, -0.1) is 0 Å². The van der Waals surface area contributed by atoms with Crippen molar-refractivity contribution in [3.05, 3.63) is 34.4 Å². The molecule has 1 rings (SSSR count). The second kappa shape index (κ2) is 5.60. The first kappa shape index (κ1) is 13.4. The Kier molecular flexibility index (Phi) is 4.41. The molecule has 0 unspecified atom stereocenters. The van der Waals surface area contributed by atoms with Crippen molar-refractivity contribution in [3.63, 3.8) is 0 Å². The standard InChI is InChI=1S/C9H11NO6S/c1-17(13,14)16-6-5-15-9-4-2-3-8(7-9)10(11)12/h2-4,7H,5-6H2,1H3. The second-order valence-electron chi connectivity index (χ2n) is 3.13. The summed E-state index contributed by atoms with van der Waals surface area (Å²) in [5.41, 5.74) is -0.0912. The normalized spacial score (nSPS) is 11.1. The zero-order valence-corrected chi connectivity index (χ0v) is 9.85. The number of nitro benzene ring substituents is 1. The van der Waals surface area contributed by atoms with E-state index in [4.69, 9.17) is 4.74 Å². The molecule has 0 fully saturated rings. The number of nitro groups is 1. The minimum Gasteiger partial charge on any atom is -0.491 e. The molecule has 7 nitrogen and oxygen atoms in total. The molecule has 8 heteroatoms. The third-order valence-electron chi connectivity index (χ3n) is 1.68. The van der Waals surface area contributed by atoms with Crippen LogP contribution in [0.5, 0.6) is 5.75 Å². The summed E-state index contributed by atoms with van der Waals surface area (Å²) in [7, 11) is -3.49. The fourth-order valence-corrected chi connectivity index (χ4v) is 1.40. The molecule has 0 aliphatic rings. The summed E-state index contributed by atoms with van der Waals surface area (Å²) in [4.78, 5) is 9.92. The molecule has 0 aromatic heterocycles. The van der Waals surface area contributed by atoms with Gasteiger partial charge >= 0.3 is 0 Å². The van der Waals surface area contributed by atoms with Gasteiger partial charge in [-0.2, -0.15) is 8.42 Å². The van der Waals surface area contributed by atoms with Crippen molar-refractivity contribution in [1.29, 1.82) is 0 Å². The highest BCUT2D eigenvalue weighted by molar-refractivity contribution is 7.85. The van der Waals surface area contributed by atoms with Gasteiger partial charge in [0.15, 0.2) is 0 Å². The van der Waals surface area contributed by atoms with Crippen LogP contribution in [0.15, 0.2) is 24.3 Å². The van der Waals surface area contributed by atoms with E-state index in [2.05, 4.69) is 4.18 Å². The Morgan fingerprint density at radius 1 is 1.35 bits per heavy atom.